The smallest absolute Gasteiger partial charge is 0.405 e. The van der Waals surface area contributed by atoms with Crippen LogP contribution >= 0.6 is 0 Å². The first kappa shape index (κ1) is 20.2. The molecule has 0 amide bonds. The Morgan fingerprint density at radius 2 is 2.13 bits per heavy atom. The first-order chi connectivity index (χ1) is 14.4. The largest absolute Gasteiger partial charge is 0.573 e. The van der Waals surface area contributed by atoms with Crippen LogP contribution < -0.4 is 26.4 Å². The summed E-state index contributed by atoms with van der Waals surface area (Å²) in [6.07, 6.45) is -2.50. The van der Waals surface area contributed by atoms with Crippen molar-refractivity contribution in [1.29, 1.82) is 0 Å². The van der Waals surface area contributed by atoms with Crippen LogP contribution in [0.2, 0.25) is 0 Å². The fourth-order valence-electron chi connectivity index (χ4n) is 3.30. The standard InChI is InChI=1S/C18H20F3N7O2/c19-18(20,21)30-14-4-2-1-3-11(14)9-28-15-13(26-17(28)29)8-24-16(27-15)23-6-5-12-7-22-10-25-12/h1-4,8,12,22,25H,5-7,9-10H2,(H,26,29)(H,23,24,27). The summed E-state index contributed by atoms with van der Waals surface area (Å²) in [5.74, 6) is -0.0302. The van der Waals surface area contributed by atoms with Crippen LogP contribution in [0.1, 0.15) is 12.0 Å². The van der Waals surface area contributed by atoms with Gasteiger partial charge in [-0.3, -0.25) is 4.57 Å². The Morgan fingerprint density at radius 3 is 2.90 bits per heavy atom. The Kier molecular flexibility index (Phi) is 5.59. The number of nitrogens with one attached hydrogen (secondary N) is 4. The molecule has 0 saturated carbocycles. The monoisotopic (exact) mass is 423 g/mol. The van der Waals surface area contributed by atoms with Crippen molar-refractivity contribution in [2.75, 3.05) is 25.1 Å². The van der Waals surface area contributed by atoms with E-state index >= 15 is 0 Å². The van der Waals surface area contributed by atoms with Crippen LogP contribution in [0.3, 0.4) is 0 Å². The number of nitrogens with zero attached hydrogens (tertiary/aromatic N) is 3. The van der Waals surface area contributed by atoms with Gasteiger partial charge >= 0.3 is 12.1 Å². The summed E-state index contributed by atoms with van der Waals surface area (Å²) in [6.45, 7) is 2.15. The Bertz CT molecular complexity index is 1070. The van der Waals surface area contributed by atoms with Crippen LogP contribution in [0.5, 0.6) is 5.75 Å². The summed E-state index contributed by atoms with van der Waals surface area (Å²) in [4.78, 5) is 23.6. The Morgan fingerprint density at radius 1 is 1.30 bits per heavy atom. The van der Waals surface area contributed by atoms with Crippen molar-refractivity contribution in [3.05, 3.63) is 46.5 Å². The van der Waals surface area contributed by atoms with E-state index in [1.807, 2.05) is 0 Å². The zero-order valence-corrected chi connectivity index (χ0v) is 15.8. The highest BCUT2D eigenvalue weighted by molar-refractivity contribution is 5.71. The molecule has 12 heteroatoms. The van der Waals surface area contributed by atoms with Crippen LogP contribution in [0.4, 0.5) is 19.1 Å². The number of rotatable bonds is 7. The van der Waals surface area contributed by atoms with Gasteiger partial charge in [0.25, 0.3) is 0 Å². The van der Waals surface area contributed by atoms with Gasteiger partial charge in [-0.15, -0.1) is 13.2 Å². The minimum atomic E-state index is -4.83. The minimum absolute atomic E-state index is 0.140. The maximum atomic E-state index is 12.7. The lowest BCUT2D eigenvalue weighted by atomic mass is 10.2. The van der Waals surface area contributed by atoms with Crippen LogP contribution in [0.25, 0.3) is 11.2 Å². The summed E-state index contributed by atoms with van der Waals surface area (Å²) in [5, 5.41) is 9.62. The predicted molar refractivity (Wildman–Crippen MR) is 103 cm³/mol. The topological polar surface area (TPSA) is 109 Å². The van der Waals surface area contributed by atoms with Crippen molar-refractivity contribution in [1.82, 2.24) is 30.2 Å². The van der Waals surface area contributed by atoms with E-state index in [1.54, 1.807) is 6.07 Å². The number of hydrogen-bond acceptors (Lipinski definition) is 7. The van der Waals surface area contributed by atoms with E-state index in [9.17, 15) is 18.0 Å². The van der Waals surface area contributed by atoms with Gasteiger partial charge in [-0.25, -0.2) is 9.78 Å². The molecule has 160 valence electrons. The van der Waals surface area contributed by atoms with Crippen LogP contribution in [-0.4, -0.2) is 51.7 Å². The van der Waals surface area contributed by atoms with Gasteiger partial charge in [0.1, 0.15) is 11.3 Å². The molecule has 0 bridgehead atoms. The summed E-state index contributed by atoms with van der Waals surface area (Å²) in [5.41, 5.74) is 0.381. The highest BCUT2D eigenvalue weighted by Crippen LogP contribution is 2.27. The molecule has 4 rings (SSSR count). The van der Waals surface area contributed by atoms with Crippen molar-refractivity contribution in [3.63, 3.8) is 0 Å². The Labute approximate surface area is 168 Å². The molecule has 2 aromatic heterocycles. The second-order valence-electron chi connectivity index (χ2n) is 6.85. The number of aromatic amines is 1. The van der Waals surface area contributed by atoms with E-state index in [1.165, 1.54) is 29.0 Å². The number of H-pyrrole nitrogens is 1. The number of hydrogen-bond donors (Lipinski definition) is 4. The third-order valence-corrected chi connectivity index (χ3v) is 4.72. The normalized spacial score (nSPS) is 16.8. The Hall–Kier alpha value is -3.12. The zero-order valence-electron chi connectivity index (χ0n) is 15.8. The molecule has 1 saturated heterocycles. The quantitative estimate of drug-likeness (QED) is 0.455. The number of benzene rings is 1. The number of fused-ring (bicyclic) bond motifs is 1. The number of alkyl halides is 3. The van der Waals surface area contributed by atoms with Crippen LogP contribution in [0, 0.1) is 0 Å². The number of aromatic nitrogens is 4. The van der Waals surface area contributed by atoms with Gasteiger partial charge in [0.05, 0.1) is 12.7 Å². The molecular formula is C18H20F3N7O2. The van der Waals surface area contributed by atoms with Crippen molar-refractivity contribution < 1.29 is 17.9 Å². The summed E-state index contributed by atoms with van der Waals surface area (Å²) < 4.78 is 43.4. The molecule has 1 aromatic carbocycles. The van der Waals surface area contributed by atoms with Gasteiger partial charge in [0.2, 0.25) is 5.95 Å². The SMILES string of the molecule is O=c1[nH]c2cnc(NCCC3CNCN3)nc2n1Cc1ccccc1OC(F)(F)F. The highest BCUT2D eigenvalue weighted by Gasteiger charge is 2.32. The van der Waals surface area contributed by atoms with E-state index in [0.29, 0.717) is 29.7 Å². The van der Waals surface area contributed by atoms with Crippen molar-refractivity contribution in [2.24, 2.45) is 0 Å². The van der Waals surface area contributed by atoms with Crippen LogP contribution in [-0.2, 0) is 6.54 Å². The number of para-hydroxylation sites is 1. The molecule has 1 fully saturated rings. The zero-order chi connectivity index (χ0) is 21.1. The molecule has 3 heterocycles. The van der Waals surface area contributed by atoms with Gasteiger partial charge < -0.3 is 25.7 Å². The predicted octanol–water partition coefficient (Wildman–Crippen LogP) is 1.39. The summed E-state index contributed by atoms with van der Waals surface area (Å²) in [7, 11) is 0. The van der Waals surface area contributed by atoms with Crippen LogP contribution in [0.15, 0.2) is 35.3 Å². The average molecular weight is 423 g/mol. The molecular weight excluding hydrogens is 403 g/mol. The van der Waals surface area contributed by atoms with Crippen molar-refractivity contribution >= 4 is 17.1 Å². The van der Waals surface area contributed by atoms with Crippen molar-refractivity contribution in [3.8, 4) is 5.75 Å². The first-order valence-corrected chi connectivity index (χ1v) is 9.36. The molecule has 9 nitrogen and oxygen atoms in total. The third kappa shape index (κ3) is 4.71. The van der Waals surface area contributed by atoms with Gasteiger partial charge in [-0.2, -0.15) is 4.98 Å². The Balaban J connectivity index is 1.55. The lowest BCUT2D eigenvalue weighted by Crippen LogP contribution is -2.26. The lowest BCUT2D eigenvalue weighted by Gasteiger charge is -2.13. The number of ether oxygens (including phenoxy) is 1. The van der Waals surface area contributed by atoms with Gasteiger partial charge in [-0.1, -0.05) is 18.2 Å². The first-order valence-electron chi connectivity index (χ1n) is 9.36. The molecule has 3 aromatic rings. The molecule has 1 atom stereocenters. The van der Waals surface area contributed by atoms with Gasteiger partial charge in [-0.05, 0) is 12.5 Å². The van der Waals surface area contributed by atoms with Gasteiger partial charge in [0.15, 0.2) is 5.65 Å². The molecule has 4 N–H and O–H groups in total. The van der Waals surface area contributed by atoms with Gasteiger partial charge in [0, 0.05) is 31.4 Å². The second-order valence-corrected chi connectivity index (χ2v) is 6.85. The fourth-order valence-corrected chi connectivity index (χ4v) is 3.30. The molecule has 1 aliphatic heterocycles. The molecule has 0 aliphatic carbocycles. The van der Waals surface area contributed by atoms with E-state index in [4.69, 9.17) is 0 Å². The molecule has 1 unspecified atom stereocenters. The number of halogens is 3. The molecule has 30 heavy (non-hydrogen) atoms. The molecule has 1 aliphatic rings. The molecule has 0 radical (unpaired) electrons. The van der Waals surface area contributed by atoms with Crippen molar-refractivity contribution in [2.45, 2.75) is 25.4 Å². The van der Waals surface area contributed by atoms with E-state index < -0.39 is 12.1 Å². The summed E-state index contributed by atoms with van der Waals surface area (Å²) in [6, 6.07) is 6.04. The molecule has 0 spiro atoms. The fraction of sp³-hybridized carbons (Fsp3) is 0.389. The lowest BCUT2D eigenvalue weighted by molar-refractivity contribution is -0.274. The minimum Gasteiger partial charge on any atom is -0.405 e. The average Bonchev–Trinajstić information content (AvgIpc) is 3.30. The second kappa shape index (κ2) is 8.32. The van der Waals surface area contributed by atoms with E-state index in [0.717, 1.165) is 19.6 Å². The van der Waals surface area contributed by atoms with E-state index in [2.05, 4.69) is 35.6 Å². The third-order valence-electron chi connectivity index (χ3n) is 4.72. The van der Waals surface area contributed by atoms with E-state index in [-0.39, 0.29) is 17.9 Å². The maximum absolute atomic E-state index is 12.7. The maximum Gasteiger partial charge on any atom is 0.573 e. The summed E-state index contributed by atoms with van der Waals surface area (Å²) >= 11 is 0. The number of anilines is 1. The highest BCUT2D eigenvalue weighted by atomic mass is 19.4. The number of imidazole rings is 1.